The fourth-order valence-corrected chi connectivity index (χ4v) is 1.94. The lowest BCUT2D eigenvalue weighted by atomic mass is 10.1. The number of nitrogens with one attached hydrogen (secondary N) is 1. The van der Waals surface area contributed by atoms with Crippen molar-refractivity contribution >= 4 is 11.7 Å². The summed E-state index contributed by atoms with van der Waals surface area (Å²) in [6.07, 6.45) is 4.57. The number of aromatic nitrogens is 1. The number of hydrogen-bond donors (Lipinski definition) is 1. The summed E-state index contributed by atoms with van der Waals surface area (Å²) in [6, 6.07) is -0.320. The second-order valence-electron chi connectivity index (χ2n) is 3.82. The Labute approximate surface area is 94.1 Å². The van der Waals surface area contributed by atoms with E-state index >= 15 is 0 Å². The number of carbonyl (C=O) groups is 1. The third-order valence-electron chi connectivity index (χ3n) is 2.79. The summed E-state index contributed by atoms with van der Waals surface area (Å²) in [7, 11) is 1.76. The third-order valence-corrected chi connectivity index (χ3v) is 2.79. The van der Waals surface area contributed by atoms with E-state index in [1.807, 2.05) is 0 Å². The summed E-state index contributed by atoms with van der Waals surface area (Å²) in [5.74, 6) is 0.554. The molecule has 16 heavy (non-hydrogen) atoms. The fourth-order valence-electron chi connectivity index (χ4n) is 1.94. The van der Waals surface area contributed by atoms with Crippen LogP contribution in [-0.2, 0) is 4.79 Å². The van der Waals surface area contributed by atoms with Crippen LogP contribution in [0.1, 0.15) is 12.8 Å². The van der Waals surface area contributed by atoms with Gasteiger partial charge in [-0.15, -0.1) is 0 Å². The van der Waals surface area contributed by atoms with Gasteiger partial charge in [-0.05, 0) is 19.9 Å². The number of carbonyl (C=O) groups excluding carboxylic acids is 1. The minimum absolute atomic E-state index is 0.0149. The highest BCUT2D eigenvalue weighted by Crippen LogP contribution is 2.21. The van der Waals surface area contributed by atoms with E-state index in [-0.39, 0.29) is 11.9 Å². The van der Waals surface area contributed by atoms with Crippen LogP contribution in [0.5, 0.6) is 0 Å². The van der Waals surface area contributed by atoms with Crippen molar-refractivity contribution in [3.05, 3.63) is 24.8 Å². The van der Waals surface area contributed by atoms with E-state index in [0.717, 1.165) is 18.4 Å². The molecule has 0 saturated carbocycles. The number of hydrogen-bond acceptors (Lipinski definition) is 4. The molecule has 1 aliphatic heterocycles. The van der Waals surface area contributed by atoms with E-state index in [4.69, 9.17) is 4.42 Å². The van der Waals surface area contributed by atoms with E-state index < -0.39 is 0 Å². The Bertz CT molecular complexity index is 386. The quantitative estimate of drug-likeness (QED) is 0.755. The van der Waals surface area contributed by atoms with Crippen LogP contribution in [0.25, 0.3) is 0 Å². The molecule has 1 aliphatic rings. The van der Waals surface area contributed by atoms with Crippen LogP contribution in [0.3, 0.4) is 0 Å². The third kappa shape index (κ3) is 1.86. The molecule has 1 aromatic heterocycles. The topological polar surface area (TPSA) is 58.4 Å². The predicted molar refractivity (Wildman–Crippen MR) is 60.1 cm³/mol. The molecule has 5 nitrogen and oxygen atoms in total. The van der Waals surface area contributed by atoms with Gasteiger partial charge in [0.25, 0.3) is 0 Å². The van der Waals surface area contributed by atoms with Crippen molar-refractivity contribution in [1.29, 1.82) is 0 Å². The Morgan fingerprint density at radius 3 is 3.12 bits per heavy atom. The minimum Gasteiger partial charge on any atom is -0.449 e. The molecule has 1 aromatic rings. The number of amides is 1. The molecule has 2 heterocycles. The van der Waals surface area contributed by atoms with Crippen LogP contribution < -0.4 is 10.2 Å². The van der Waals surface area contributed by atoms with Crippen LogP contribution in [0.2, 0.25) is 0 Å². The smallest absolute Gasteiger partial charge is 0.249 e. The van der Waals surface area contributed by atoms with Crippen molar-refractivity contribution < 1.29 is 9.21 Å². The highest BCUT2D eigenvalue weighted by atomic mass is 16.3. The summed E-state index contributed by atoms with van der Waals surface area (Å²) in [5.41, 5.74) is 0.929. The molecule has 86 valence electrons. The lowest BCUT2D eigenvalue weighted by Crippen LogP contribution is -2.45. The molecule has 0 aromatic carbocycles. The van der Waals surface area contributed by atoms with Gasteiger partial charge in [-0.25, -0.2) is 0 Å². The van der Waals surface area contributed by atoms with E-state index in [0.29, 0.717) is 12.4 Å². The van der Waals surface area contributed by atoms with Crippen molar-refractivity contribution in [2.24, 2.45) is 0 Å². The van der Waals surface area contributed by atoms with Crippen LogP contribution in [0.4, 0.5) is 5.82 Å². The van der Waals surface area contributed by atoms with Gasteiger partial charge >= 0.3 is 0 Å². The first-order valence-corrected chi connectivity index (χ1v) is 5.28. The van der Waals surface area contributed by atoms with Gasteiger partial charge in [-0.1, -0.05) is 12.2 Å². The van der Waals surface area contributed by atoms with E-state index in [2.05, 4.69) is 16.9 Å². The van der Waals surface area contributed by atoms with Crippen molar-refractivity contribution in [1.82, 2.24) is 10.3 Å². The molecule has 0 radical (unpaired) electrons. The maximum absolute atomic E-state index is 12.2. The normalized spacial score (nSPS) is 22.3. The monoisotopic (exact) mass is 221 g/mol. The standard InChI is InChI=1S/C11H15N3O2/c1-8-4-3-5-14(9-6-16-7-13-9)11(15)10(8)12-2/h6-7,10,12H,1,3-5H2,2H3. The lowest BCUT2D eigenvalue weighted by molar-refractivity contribution is -0.119. The number of likely N-dealkylation sites (N-methyl/N-ethyl adjacent to an activating group) is 1. The number of anilines is 1. The molecule has 1 saturated heterocycles. The SMILES string of the molecule is C=C1CCCN(c2cocn2)C(=O)C1NC. The summed E-state index contributed by atoms with van der Waals surface area (Å²) in [5, 5.41) is 2.99. The minimum atomic E-state index is -0.320. The second-order valence-corrected chi connectivity index (χ2v) is 3.82. The van der Waals surface area contributed by atoms with Crippen LogP contribution >= 0.6 is 0 Å². The summed E-state index contributed by atoms with van der Waals surface area (Å²) in [6.45, 7) is 4.59. The number of nitrogens with zero attached hydrogens (tertiary/aromatic N) is 2. The summed E-state index contributed by atoms with van der Waals surface area (Å²) in [4.78, 5) is 17.9. The summed E-state index contributed by atoms with van der Waals surface area (Å²) >= 11 is 0. The molecular formula is C11H15N3O2. The van der Waals surface area contributed by atoms with E-state index in [1.165, 1.54) is 12.7 Å². The Morgan fingerprint density at radius 2 is 2.50 bits per heavy atom. The molecule has 1 fully saturated rings. The van der Waals surface area contributed by atoms with Gasteiger partial charge in [0.2, 0.25) is 5.91 Å². The van der Waals surface area contributed by atoms with Gasteiger partial charge in [-0.2, -0.15) is 4.98 Å². The molecule has 1 N–H and O–H groups in total. The van der Waals surface area contributed by atoms with Gasteiger partial charge in [0.15, 0.2) is 12.2 Å². The van der Waals surface area contributed by atoms with Crippen molar-refractivity contribution in [2.45, 2.75) is 18.9 Å². The average molecular weight is 221 g/mol. The number of oxazole rings is 1. The molecule has 1 atom stereocenters. The predicted octanol–water partition coefficient (Wildman–Crippen LogP) is 0.946. The Kier molecular flexibility index (Phi) is 3.05. The fraction of sp³-hybridized carbons (Fsp3) is 0.455. The average Bonchev–Trinajstić information content (AvgIpc) is 2.74. The van der Waals surface area contributed by atoms with Crippen LogP contribution in [-0.4, -0.2) is 30.5 Å². The first-order chi connectivity index (χ1) is 7.74. The Balaban J connectivity index is 2.26. The molecule has 5 heteroatoms. The molecule has 2 rings (SSSR count). The lowest BCUT2D eigenvalue weighted by Gasteiger charge is -2.21. The largest absolute Gasteiger partial charge is 0.449 e. The van der Waals surface area contributed by atoms with Crippen molar-refractivity contribution in [3.8, 4) is 0 Å². The molecule has 0 aliphatic carbocycles. The first kappa shape index (κ1) is 10.9. The zero-order valence-corrected chi connectivity index (χ0v) is 9.27. The van der Waals surface area contributed by atoms with Gasteiger partial charge in [-0.3, -0.25) is 9.69 Å². The Morgan fingerprint density at radius 1 is 1.69 bits per heavy atom. The molecule has 1 unspecified atom stereocenters. The van der Waals surface area contributed by atoms with E-state index in [9.17, 15) is 4.79 Å². The van der Waals surface area contributed by atoms with Crippen molar-refractivity contribution in [3.63, 3.8) is 0 Å². The maximum atomic E-state index is 12.2. The molecule has 0 bridgehead atoms. The highest BCUT2D eigenvalue weighted by molar-refractivity contribution is 5.98. The van der Waals surface area contributed by atoms with Crippen molar-refractivity contribution in [2.75, 3.05) is 18.5 Å². The van der Waals surface area contributed by atoms with Gasteiger partial charge < -0.3 is 9.73 Å². The first-order valence-electron chi connectivity index (χ1n) is 5.28. The van der Waals surface area contributed by atoms with Gasteiger partial charge in [0, 0.05) is 6.54 Å². The molecule has 0 spiro atoms. The maximum Gasteiger partial charge on any atom is 0.249 e. The van der Waals surface area contributed by atoms with Gasteiger partial charge in [0.05, 0.1) is 0 Å². The number of rotatable bonds is 2. The zero-order chi connectivity index (χ0) is 11.5. The molecular weight excluding hydrogens is 206 g/mol. The molecule has 1 amide bonds. The van der Waals surface area contributed by atoms with Crippen LogP contribution in [0.15, 0.2) is 29.2 Å². The van der Waals surface area contributed by atoms with Crippen LogP contribution in [0, 0.1) is 0 Å². The van der Waals surface area contributed by atoms with Gasteiger partial charge in [0.1, 0.15) is 12.3 Å². The zero-order valence-electron chi connectivity index (χ0n) is 9.27. The van der Waals surface area contributed by atoms with E-state index in [1.54, 1.807) is 11.9 Å². The second kappa shape index (κ2) is 4.49. The highest BCUT2D eigenvalue weighted by Gasteiger charge is 2.30. The Hall–Kier alpha value is -1.62. The summed E-state index contributed by atoms with van der Waals surface area (Å²) < 4.78 is 4.90.